The minimum absolute atomic E-state index is 0.180. The molecule has 108 valence electrons. The topological polar surface area (TPSA) is 99.5 Å². The van der Waals surface area contributed by atoms with E-state index in [9.17, 15) is 14.7 Å². The van der Waals surface area contributed by atoms with Gasteiger partial charge in [-0.25, -0.2) is 0 Å². The summed E-state index contributed by atoms with van der Waals surface area (Å²) < 4.78 is 0. The van der Waals surface area contributed by atoms with Gasteiger partial charge in [-0.3, -0.25) is 14.6 Å². The molecule has 0 aliphatic heterocycles. The van der Waals surface area contributed by atoms with E-state index in [0.29, 0.717) is 16.9 Å². The van der Waals surface area contributed by atoms with Crippen molar-refractivity contribution in [3.05, 3.63) is 59.9 Å². The summed E-state index contributed by atoms with van der Waals surface area (Å²) in [6, 6.07) is 11.6. The van der Waals surface area contributed by atoms with Gasteiger partial charge in [-0.1, -0.05) is 30.3 Å². The third kappa shape index (κ3) is 4.12. The highest BCUT2D eigenvalue weighted by atomic mass is 16.4. The zero-order valence-electron chi connectivity index (χ0n) is 11.1. The zero-order valence-corrected chi connectivity index (χ0v) is 11.1. The lowest BCUT2D eigenvalue weighted by Crippen LogP contribution is -2.20. The smallest absolute Gasteiger partial charge is 0.309 e. The van der Waals surface area contributed by atoms with Gasteiger partial charge in [0.05, 0.1) is 24.0 Å². The fourth-order valence-corrected chi connectivity index (χ4v) is 1.76. The number of anilines is 1. The predicted molar refractivity (Wildman–Crippen MR) is 75.6 cm³/mol. The second kappa shape index (κ2) is 6.62. The summed E-state index contributed by atoms with van der Waals surface area (Å²) in [4.78, 5) is 26.4. The molecule has 1 atom stereocenters. The Hall–Kier alpha value is -2.73. The number of benzene rings is 1. The van der Waals surface area contributed by atoms with E-state index < -0.39 is 18.0 Å². The second-order valence-corrected chi connectivity index (χ2v) is 4.41. The van der Waals surface area contributed by atoms with Crippen molar-refractivity contribution in [1.82, 2.24) is 4.98 Å². The molecule has 0 bridgehead atoms. The predicted octanol–water partition coefficient (Wildman–Crippen LogP) is 1.38. The summed E-state index contributed by atoms with van der Waals surface area (Å²) in [7, 11) is 0. The van der Waals surface area contributed by atoms with Crippen LogP contribution in [0.4, 0.5) is 5.69 Å². The van der Waals surface area contributed by atoms with E-state index in [-0.39, 0.29) is 6.42 Å². The van der Waals surface area contributed by atoms with Gasteiger partial charge in [0.2, 0.25) is 0 Å². The SMILES string of the molecule is O=C(O)Cc1ccc(NC(=O)C(O)c2ccccc2)cn1. The van der Waals surface area contributed by atoms with Crippen LogP contribution in [-0.2, 0) is 16.0 Å². The van der Waals surface area contributed by atoms with Gasteiger partial charge in [-0.2, -0.15) is 0 Å². The van der Waals surface area contributed by atoms with E-state index in [1.807, 2.05) is 0 Å². The van der Waals surface area contributed by atoms with E-state index in [1.54, 1.807) is 36.4 Å². The van der Waals surface area contributed by atoms with Crippen LogP contribution in [-0.4, -0.2) is 27.1 Å². The molecule has 0 aliphatic rings. The van der Waals surface area contributed by atoms with Crippen LogP contribution < -0.4 is 5.32 Å². The Bertz CT molecular complexity index is 626. The number of nitrogens with zero attached hydrogens (tertiary/aromatic N) is 1. The number of carbonyl (C=O) groups is 2. The highest BCUT2D eigenvalue weighted by Gasteiger charge is 2.17. The number of hydrogen-bond acceptors (Lipinski definition) is 4. The van der Waals surface area contributed by atoms with Crippen molar-refractivity contribution in [3.63, 3.8) is 0 Å². The Morgan fingerprint density at radius 1 is 1.14 bits per heavy atom. The molecule has 2 rings (SSSR count). The van der Waals surface area contributed by atoms with Crippen molar-refractivity contribution in [1.29, 1.82) is 0 Å². The number of amides is 1. The molecule has 0 fully saturated rings. The quantitative estimate of drug-likeness (QED) is 0.771. The van der Waals surface area contributed by atoms with Crippen LogP contribution in [0.1, 0.15) is 17.4 Å². The van der Waals surface area contributed by atoms with Crippen LogP contribution in [0.5, 0.6) is 0 Å². The van der Waals surface area contributed by atoms with Crippen molar-refractivity contribution in [2.45, 2.75) is 12.5 Å². The summed E-state index contributed by atoms with van der Waals surface area (Å²) >= 11 is 0. The average molecular weight is 286 g/mol. The van der Waals surface area contributed by atoms with Crippen LogP contribution in [0.25, 0.3) is 0 Å². The van der Waals surface area contributed by atoms with Crippen molar-refractivity contribution in [2.24, 2.45) is 0 Å². The van der Waals surface area contributed by atoms with Crippen LogP contribution in [0.2, 0.25) is 0 Å². The first-order chi connectivity index (χ1) is 10.1. The minimum atomic E-state index is -1.27. The molecule has 0 saturated heterocycles. The van der Waals surface area contributed by atoms with Gasteiger partial charge in [0.25, 0.3) is 5.91 Å². The maximum atomic E-state index is 11.9. The Labute approximate surface area is 121 Å². The van der Waals surface area contributed by atoms with E-state index >= 15 is 0 Å². The number of rotatable bonds is 5. The summed E-state index contributed by atoms with van der Waals surface area (Å²) in [6.45, 7) is 0. The molecule has 3 N–H and O–H groups in total. The maximum Gasteiger partial charge on any atom is 0.309 e. The fourth-order valence-electron chi connectivity index (χ4n) is 1.76. The van der Waals surface area contributed by atoms with Gasteiger partial charge in [-0.15, -0.1) is 0 Å². The first kappa shape index (κ1) is 14.7. The van der Waals surface area contributed by atoms with Crippen molar-refractivity contribution >= 4 is 17.6 Å². The van der Waals surface area contributed by atoms with Gasteiger partial charge in [0, 0.05) is 0 Å². The number of pyridine rings is 1. The molecular weight excluding hydrogens is 272 g/mol. The summed E-state index contributed by atoms with van der Waals surface area (Å²) in [5.41, 5.74) is 1.28. The van der Waals surface area contributed by atoms with Crippen molar-refractivity contribution in [3.8, 4) is 0 Å². The molecule has 1 unspecified atom stereocenters. The average Bonchev–Trinajstić information content (AvgIpc) is 2.49. The summed E-state index contributed by atoms with van der Waals surface area (Å²) in [5, 5.41) is 21.1. The number of carboxylic acids is 1. The molecule has 0 saturated carbocycles. The highest BCUT2D eigenvalue weighted by molar-refractivity contribution is 5.94. The Morgan fingerprint density at radius 3 is 2.43 bits per heavy atom. The third-order valence-electron chi connectivity index (χ3n) is 2.79. The monoisotopic (exact) mass is 286 g/mol. The van der Waals surface area contributed by atoms with Gasteiger partial charge >= 0.3 is 5.97 Å². The van der Waals surface area contributed by atoms with Gasteiger partial charge in [-0.05, 0) is 17.7 Å². The number of hydrogen-bond donors (Lipinski definition) is 3. The Morgan fingerprint density at radius 2 is 1.86 bits per heavy atom. The van der Waals surface area contributed by atoms with Gasteiger partial charge in [0.1, 0.15) is 0 Å². The Kier molecular flexibility index (Phi) is 4.63. The Balaban J connectivity index is 2.01. The standard InChI is InChI=1S/C15H14N2O4/c18-13(19)8-11-6-7-12(9-16-11)17-15(21)14(20)10-4-2-1-3-5-10/h1-7,9,14,20H,8H2,(H,17,21)(H,18,19). The summed E-state index contributed by atoms with van der Waals surface area (Å²) in [6.07, 6.45) is -0.0979. The molecular formula is C15H14N2O4. The molecule has 1 aromatic heterocycles. The van der Waals surface area contributed by atoms with Crippen LogP contribution in [0.3, 0.4) is 0 Å². The molecule has 0 aliphatic carbocycles. The van der Waals surface area contributed by atoms with E-state index in [2.05, 4.69) is 10.3 Å². The second-order valence-electron chi connectivity index (χ2n) is 4.41. The lowest BCUT2D eigenvalue weighted by atomic mass is 10.1. The number of nitrogens with one attached hydrogen (secondary N) is 1. The van der Waals surface area contributed by atoms with Crippen LogP contribution >= 0.6 is 0 Å². The number of carbonyl (C=O) groups excluding carboxylic acids is 1. The minimum Gasteiger partial charge on any atom is -0.481 e. The number of aliphatic hydroxyl groups excluding tert-OH is 1. The zero-order chi connectivity index (χ0) is 15.2. The molecule has 2 aromatic rings. The molecule has 6 nitrogen and oxygen atoms in total. The van der Waals surface area contributed by atoms with E-state index in [4.69, 9.17) is 5.11 Å². The lowest BCUT2D eigenvalue weighted by molar-refractivity contribution is -0.136. The number of aliphatic carboxylic acids is 1. The molecule has 0 spiro atoms. The molecule has 1 amide bonds. The summed E-state index contributed by atoms with van der Waals surface area (Å²) in [5.74, 6) is -1.55. The van der Waals surface area contributed by atoms with Gasteiger partial charge < -0.3 is 15.5 Å². The van der Waals surface area contributed by atoms with Crippen LogP contribution in [0.15, 0.2) is 48.7 Å². The molecule has 0 radical (unpaired) electrons. The van der Waals surface area contributed by atoms with E-state index in [0.717, 1.165) is 0 Å². The highest BCUT2D eigenvalue weighted by Crippen LogP contribution is 2.15. The normalized spacial score (nSPS) is 11.7. The largest absolute Gasteiger partial charge is 0.481 e. The molecule has 21 heavy (non-hydrogen) atoms. The number of aromatic nitrogens is 1. The van der Waals surface area contributed by atoms with Crippen molar-refractivity contribution < 1.29 is 19.8 Å². The molecule has 6 heteroatoms. The maximum absolute atomic E-state index is 11.9. The van der Waals surface area contributed by atoms with Crippen LogP contribution in [0, 0.1) is 0 Å². The number of carboxylic acid groups (broad SMARTS) is 1. The first-order valence-electron chi connectivity index (χ1n) is 6.27. The number of aliphatic hydroxyl groups is 1. The van der Waals surface area contributed by atoms with Crippen molar-refractivity contribution in [2.75, 3.05) is 5.32 Å². The van der Waals surface area contributed by atoms with E-state index in [1.165, 1.54) is 12.3 Å². The fraction of sp³-hybridized carbons (Fsp3) is 0.133. The third-order valence-corrected chi connectivity index (χ3v) is 2.79. The van der Waals surface area contributed by atoms with Gasteiger partial charge in [0.15, 0.2) is 6.10 Å². The molecule has 1 heterocycles. The molecule has 1 aromatic carbocycles. The lowest BCUT2D eigenvalue weighted by Gasteiger charge is -2.11. The first-order valence-corrected chi connectivity index (χ1v) is 6.27.